The predicted molar refractivity (Wildman–Crippen MR) is 102 cm³/mol. The van der Waals surface area contributed by atoms with E-state index in [9.17, 15) is 4.79 Å². The normalized spacial score (nSPS) is 10.5. The molecule has 0 radical (unpaired) electrons. The minimum atomic E-state index is -0.210. The molecule has 6 heteroatoms. The van der Waals surface area contributed by atoms with E-state index in [2.05, 4.69) is 34.3 Å². The number of hydrogen-bond acceptors (Lipinski definition) is 4. The molecule has 134 valence electrons. The first-order valence-electron chi connectivity index (χ1n) is 8.75. The maximum atomic E-state index is 12.2. The van der Waals surface area contributed by atoms with E-state index in [1.165, 1.54) is 0 Å². The van der Waals surface area contributed by atoms with Crippen molar-refractivity contribution in [3.8, 4) is 0 Å². The lowest BCUT2D eigenvalue weighted by molar-refractivity contribution is 0.0948. The third kappa shape index (κ3) is 6.02. The molecule has 0 fully saturated rings. The van der Waals surface area contributed by atoms with Crippen LogP contribution in [0.25, 0.3) is 0 Å². The highest BCUT2D eigenvalue weighted by Crippen LogP contribution is 2.12. The monoisotopic (exact) mass is 360 g/mol. The molecule has 0 spiro atoms. The van der Waals surface area contributed by atoms with Gasteiger partial charge in [-0.2, -0.15) is 0 Å². The van der Waals surface area contributed by atoms with Gasteiger partial charge in [0.25, 0.3) is 5.91 Å². The van der Waals surface area contributed by atoms with Crippen molar-refractivity contribution in [1.29, 1.82) is 0 Å². The van der Waals surface area contributed by atoms with E-state index < -0.39 is 0 Å². The number of carbonyl (C=O) groups excluding carboxylic acids is 1. The van der Waals surface area contributed by atoms with E-state index in [1.807, 2.05) is 30.3 Å². The van der Waals surface area contributed by atoms with Gasteiger partial charge in [-0.05, 0) is 49.1 Å². The zero-order valence-corrected chi connectivity index (χ0v) is 15.6. The summed E-state index contributed by atoms with van der Waals surface area (Å²) in [6, 6.07) is 11.2. The van der Waals surface area contributed by atoms with Crippen LogP contribution >= 0.6 is 11.6 Å². The van der Waals surface area contributed by atoms with E-state index in [4.69, 9.17) is 11.6 Å². The van der Waals surface area contributed by atoms with Crippen LogP contribution < -0.4 is 10.2 Å². The second kappa shape index (κ2) is 9.99. The minimum absolute atomic E-state index is 0.210. The first-order chi connectivity index (χ1) is 12.1. The topological polar surface area (TPSA) is 58.1 Å². The second-order valence-electron chi connectivity index (χ2n) is 5.90. The first-order valence-corrected chi connectivity index (χ1v) is 9.13. The van der Waals surface area contributed by atoms with Gasteiger partial charge >= 0.3 is 0 Å². The third-order valence-electron chi connectivity index (χ3n) is 3.78. The summed E-state index contributed by atoms with van der Waals surface area (Å²) >= 11 is 5.96. The molecule has 0 aliphatic heterocycles. The van der Waals surface area contributed by atoms with Crippen LogP contribution in [-0.2, 0) is 6.42 Å². The highest BCUT2D eigenvalue weighted by molar-refractivity contribution is 6.30. The van der Waals surface area contributed by atoms with Gasteiger partial charge in [0, 0.05) is 24.7 Å². The molecule has 25 heavy (non-hydrogen) atoms. The van der Waals surface area contributed by atoms with Gasteiger partial charge in [-0.25, -0.2) is 0 Å². The van der Waals surface area contributed by atoms with Crippen molar-refractivity contribution >= 4 is 23.3 Å². The largest absolute Gasteiger partial charge is 0.355 e. The summed E-state index contributed by atoms with van der Waals surface area (Å²) in [4.78, 5) is 14.4. The third-order valence-corrected chi connectivity index (χ3v) is 4.02. The molecule has 0 saturated heterocycles. The number of aromatic nitrogens is 2. The van der Waals surface area contributed by atoms with Crippen LogP contribution in [0.15, 0.2) is 36.4 Å². The molecule has 1 heterocycles. The van der Waals surface area contributed by atoms with Gasteiger partial charge in [0.1, 0.15) is 0 Å². The summed E-state index contributed by atoms with van der Waals surface area (Å²) in [5, 5.41) is 11.9. The lowest BCUT2D eigenvalue weighted by Crippen LogP contribution is -2.28. The van der Waals surface area contributed by atoms with Crippen molar-refractivity contribution in [2.24, 2.45) is 0 Å². The molecule has 1 amide bonds. The Hall–Kier alpha value is -2.14. The SMILES string of the molecule is CCCN(CCC)c1ccc(C(=O)NCCc2cccc(Cl)c2)nn1. The van der Waals surface area contributed by atoms with Gasteiger partial charge in [0.2, 0.25) is 0 Å². The molecule has 5 nitrogen and oxygen atoms in total. The molecule has 1 aromatic carbocycles. The van der Waals surface area contributed by atoms with Crippen molar-refractivity contribution < 1.29 is 4.79 Å². The lowest BCUT2D eigenvalue weighted by atomic mass is 10.1. The fourth-order valence-corrected chi connectivity index (χ4v) is 2.81. The van der Waals surface area contributed by atoms with Crippen molar-refractivity contribution in [1.82, 2.24) is 15.5 Å². The molecule has 0 saturated carbocycles. The molecule has 0 aliphatic rings. The van der Waals surface area contributed by atoms with Crippen molar-refractivity contribution in [3.63, 3.8) is 0 Å². The number of carbonyl (C=O) groups is 1. The fraction of sp³-hybridized carbons (Fsp3) is 0.421. The Morgan fingerprint density at radius 3 is 2.48 bits per heavy atom. The summed E-state index contributed by atoms with van der Waals surface area (Å²) in [6.45, 7) is 6.68. The Morgan fingerprint density at radius 2 is 1.88 bits per heavy atom. The number of halogens is 1. The number of benzene rings is 1. The Kier molecular flexibility index (Phi) is 7.67. The second-order valence-corrected chi connectivity index (χ2v) is 6.34. The van der Waals surface area contributed by atoms with Crippen LogP contribution in [0.1, 0.15) is 42.7 Å². The number of hydrogen-bond donors (Lipinski definition) is 1. The van der Waals surface area contributed by atoms with Gasteiger partial charge in [-0.1, -0.05) is 37.6 Å². The van der Waals surface area contributed by atoms with Crippen LogP contribution in [0.3, 0.4) is 0 Å². The van der Waals surface area contributed by atoms with E-state index in [1.54, 1.807) is 6.07 Å². The molecular weight excluding hydrogens is 336 g/mol. The molecule has 2 aromatic rings. The summed E-state index contributed by atoms with van der Waals surface area (Å²) in [5.74, 6) is 0.609. The summed E-state index contributed by atoms with van der Waals surface area (Å²) in [5.41, 5.74) is 1.42. The Labute approximate surface area is 154 Å². The summed E-state index contributed by atoms with van der Waals surface area (Å²) in [7, 11) is 0. The van der Waals surface area contributed by atoms with Crippen LogP contribution in [0.5, 0.6) is 0 Å². The lowest BCUT2D eigenvalue weighted by Gasteiger charge is -2.21. The zero-order valence-electron chi connectivity index (χ0n) is 14.8. The van der Waals surface area contributed by atoms with Gasteiger partial charge in [0.15, 0.2) is 11.5 Å². The molecule has 1 N–H and O–H groups in total. The van der Waals surface area contributed by atoms with Gasteiger partial charge in [-0.15, -0.1) is 10.2 Å². The van der Waals surface area contributed by atoms with Gasteiger partial charge in [0.05, 0.1) is 0 Å². The highest BCUT2D eigenvalue weighted by Gasteiger charge is 2.11. The van der Waals surface area contributed by atoms with Gasteiger partial charge in [-0.3, -0.25) is 4.79 Å². The average Bonchev–Trinajstić information content (AvgIpc) is 2.62. The first kappa shape index (κ1) is 19.2. The molecule has 2 rings (SSSR count). The van der Waals surface area contributed by atoms with Crippen LogP contribution in [-0.4, -0.2) is 35.7 Å². The average molecular weight is 361 g/mol. The molecule has 0 aliphatic carbocycles. The molecule has 1 aromatic heterocycles. The van der Waals surface area contributed by atoms with E-state index in [0.29, 0.717) is 17.3 Å². The number of amides is 1. The maximum absolute atomic E-state index is 12.2. The Morgan fingerprint density at radius 1 is 1.12 bits per heavy atom. The quantitative estimate of drug-likeness (QED) is 0.740. The summed E-state index contributed by atoms with van der Waals surface area (Å²) in [6.07, 6.45) is 2.82. The zero-order chi connectivity index (χ0) is 18.1. The number of nitrogens with one attached hydrogen (secondary N) is 1. The molecule has 0 unspecified atom stereocenters. The Balaban J connectivity index is 1.89. The van der Waals surface area contributed by atoms with Crippen LogP contribution in [0.2, 0.25) is 5.02 Å². The fourth-order valence-electron chi connectivity index (χ4n) is 2.60. The number of rotatable bonds is 9. The van der Waals surface area contributed by atoms with E-state index in [-0.39, 0.29) is 5.91 Å². The molecule has 0 atom stereocenters. The van der Waals surface area contributed by atoms with Crippen LogP contribution in [0.4, 0.5) is 5.82 Å². The summed E-state index contributed by atoms with van der Waals surface area (Å²) < 4.78 is 0. The molecular formula is C19H25ClN4O. The number of nitrogens with zero attached hydrogens (tertiary/aromatic N) is 3. The predicted octanol–water partition coefficient (Wildman–Crippen LogP) is 3.73. The van der Waals surface area contributed by atoms with Crippen molar-refractivity contribution in [3.05, 3.63) is 52.7 Å². The smallest absolute Gasteiger partial charge is 0.271 e. The van der Waals surface area contributed by atoms with E-state index >= 15 is 0 Å². The molecule has 0 bridgehead atoms. The van der Waals surface area contributed by atoms with Gasteiger partial charge < -0.3 is 10.2 Å². The standard InChI is InChI=1S/C19H25ClN4O/c1-3-12-24(13-4-2)18-9-8-17(22-23-18)19(25)21-11-10-15-6-5-7-16(20)14-15/h5-9,14H,3-4,10-13H2,1-2H3,(H,21,25). The maximum Gasteiger partial charge on any atom is 0.271 e. The number of anilines is 1. The highest BCUT2D eigenvalue weighted by atomic mass is 35.5. The Bertz CT molecular complexity index is 669. The van der Waals surface area contributed by atoms with Crippen molar-refractivity contribution in [2.75, 3.05) is 24.5 Å². The van der Waals surface area contributed by atoms with Crippen LogP contribution in [0, 0.1) is 0 Å². The van der Waals surface area contributed by atoms with Crippen molar-refractivity contribution in [2.45, 2.75) is 33.1 Å². The minimum Gasteiger partial charge on any atom is -0.355 e. The van der Waals surface area contributed by atoms with E-state index in [0.717, 1.165) is 43.7 Å².